The minimum atomic E-state index is -1.13. The van der Waals surface area contributed by atoms with Crippen molar-refractivity contribution in [3.63, 3.8) is 0 Å². The van der Waals surface area contributed by atoms with Gasteiger partial charge in [-0.1, -0.05) is 0 Å². The molecule has 0 saturated heterocycles. The lowest BCUT2D eigenvalue weighted by molar-refractivity contribution is -0.862. The second kappa shape index (κ2) is 13.5. The summed E-state index contributed by atoms with van der Waals surface area (Å²) in [5.41, 5.74) is -0.810. The Morgan fingerprint density at radius 1 is 1.03 bits per heavy atom. The molecular formula is C21H38N9O6+. The first-order valence-corrected chi connectivity index (χ1v) is 11.5. The normalized spacial score (nSPS) is 12.3. The Morgan fingerprint density at radius 2 is 1.69 bits per heavy atom. The molecule has 1 aromatic heterocycles. The molecule has 0 radical (unpaired) electrons. The van der Waals surface area contributed by atoms with Gasteiger partial charge in [0.15, 0.2) is 12.4 Å². The van der Waals surface area contributed by atoms with Crippen LogP contribution < -0.4 is 21.3 Å². The third-order valence-corrected chi connectivity index (χ3v) is 4.27. The Hall–Kier alpha value is -3.62. The fraction of sp³-hybridized carbons (Fsp3) is 0.714. The predicted octanol–water partition coefficient (Wildman–Crippen LogP) is -1.64. The number of likely N-dealkylation sites (N-methyl/N-ethyl adjacent to an activating group) is 1. The minimum absolute atomic E-state index is 0.0528. The first kappa shape index (κ1) is 30.4. The highest BCUT2D eigenvalue weighted by Crippen LogP contribution is 2.06. The number of carbonyl (C=O) groups is 5. The molecule has 1 aromatic rings. The van der Waals surface area contributed by atoms with E-state index < -0.39 is 35.5 Å². The number of imide groups is 1. The first-order chi connectivity index (χ1) is 16.6. The summed E-state index contributed by atoms with van der Waals surface area (Å²) in [6, 6.07) is -0.813. The Kier molecular flexibility index (Phi) is 11.4. The number of carbonyl (C=O) groups excluding carboxylic acids is 5. The van der Waals surface area contributed by atoms with Gasteiger partial charge in [-0.2, -0.15) is 4.80 Å². The molecule has 4 N–H and O–H groups in total. The van der Waals surface area contributed by atoms with Crippen LogP contribution in [-0.2, 0) is 37.5 Å². The van der Waals surface area contributed by atoms with Crippen molar-refractivity contribution >= 4 is 29.7 Å². The number of amides is 5. The second-order valence-corrected chi connectivity index (χ2v) is 10.2. The maximum atomic E-state index is 12.7. The third-order valence-electron chi connectivity index (χ3n) is 4.27. The Morgan fingerprint density at radius 3 is 2.25 bits per heavy atom. The quantitative estimate of drug-likeness (QED) is 0.153. The van der Waals surface area contributed by atoms with Gasteiger partial charge < -0.3 is 25.2 Å². The number of quaternary nitrogens is 1. The highest BCUT2D eigenvalue weighted by molar-refractivity contribution is 6.37. The number of nitrogens with zero attached hydrogens (tertiary/aromatic N) is 5. The standard InChI is InChI=1S/C21H37N9O6/c1-21(2,3)36-20(35)25-19(34)18(33)22-11-9-8-10-14(24-16(31)13-30(5,6)7)17(32)23-12-15-26-28-29(4)27-15/h14H,8-13H2,1-7H3,(H3-,22,23,24,25,31,32,33,34,35)/p+1. The van der Waals surface area contributed by atoms with Crippen LogP contribution in [-0.4, -0.2) is 100 Å². The molecule has 0 aliphatic carbocycles. The van der Waals surface area contributed by atoms with Crippen LogP contribution in [0.2, 0.25) is 0 Å². The van der Waals surface area contributed by atoms with Crippen LogP contribution in [0.3, 0.4) is 0 Å². The molecule has 1 unspecified atom stereocenters. The van der Waals surface area contributed by atoms with Crippen molar-refractivity contribution in [2.75, 3.05) is 34.2 Å². The van der Waals surface area contributed by atoms with E-state index in [0.29, 0.717) is 29.6 Å². The molecule has 1 rings (SSSR count). The fourth-order valence-electron chi connectivity index (χ4n) is 2.83. The number of ether oxygens (including phenoxy) is 1. The van der Waals surface area contributed by atoms with Gasteiger partial charge in [-0.15, -0.1) is 10.2 Å². The monoisotopic (exact) mass is 512 g/mol. The first-order valence-electron chi connectivity index (χ1n) is 11.5. The molecule has 0 aromatic carbocycles. The lowest BCUT2D eigenvalue weighted by Crippen LogP contribution is -2.51. The number of nitrogens with one attached hydrogen (secondary N) is 4. The number of aryl methyl sites for hydroxylation is 1. The number of tetrazole rings is 1. The van der Waals surface area contributed by atoms with Gasteiger partial charge in [0.2, 0.25) is 5.91 Å². The zero-order chi connectivity index (χ0) is 27.5. The molecule has 15 nitrogen and oxygen atoms in total. The predicted molar refractivity (Wildman–Crippen MR) is 127 cm³/mol. The maximum Gasteiger partial charge on any atom is 0.414 e. The molecule has 0 bridgehead atoms. The lowest BCUT2D eigenvalue weighted by atomic mass is 10.1. The molecule has 0 aliphatic rings. The summed E-state index contributed by atoms with van der Waals surface area (Å²) in [6.45, 7) is 5.24. The van der Waals surface area contributed by atoms with E-state index in [9.17, 15) is 24.0 Å². The summed E-state index contributed by atoms with van der Waals surface area (Å²) in [5.74, 6) is -2.48. The number of rotatable bonds is 11. The summed E-state index contributed by atoms with van der Waals surface area (Å²) >= 11 is 0. The largest absolute Gasteiger partial charge is 0.444 e. The van der Waals surface area contributed by atoms with E-state index in [4.69, 9.17) is 4.74 Å². The van der Waals surface area contributed by atoms with Crippen molar-refractivity contribution in [3.05, 3.63) is 5.82 Å². The van der Waals surface area contributed by atoms with Crippen LogP contribution in [0.5, 0.6) is 0 Å². The van der Waals surface area contributed by atoms with Gasteiger partial charge in [0.25, 0.3) is 5.91 Å². The van der Waals surface area contributed by atoms with E-state index in [-0.39, 0.29) is 25.5 Å². The van der Waals surface area contributed by atoms with Crippen LogP contribution in [0.25, 0.3) is 0 Å². The van der Waals surface area contributed by atoms with E-state index in [1.54, 1.807) is 27.8 Å². The van der Waals surface area contributed by atoms with Crippen LogP contribution >= 0.6 is 0 Å². The van der Waals surface area contributed by atoms with Crippen molar-refractivity contribution in [1.29, 1.82) is 0 Å². The third kappa shape index (κ3) is 13.3. The number of unbranched alkanes of at least 4 members (excludes halogenated alkanes) is 1. The molecule has 36 heavy (non-hydrogen) atoms. The van der Waals surface area contributed by atoms with Crippen LogP contribution in [0.1, 0.15) is 45.9 Å². The van der Waals surface area contributed by atoms with Gasteiger partial charge >= 0.3 is 17.9 Å². The van der Waals surface area contributed by atoms with E-state index in [0.717, 1.165) is 0 Å². The molecule has 5 amide bonds. The molecule has 0 fully saturated rings. The van der Waals surface area contributed by atoms with Crippen LogP contribution in [0, 0.1) is 0 Å². The van der Waals surface area contributed by atoms with Crippen LogP contribution in [0.15, 0.2) is 0 Å². The Labute approximate surface area is 210 Å². The lowest BCUT2D eigenvalue weighted by Gasteiger charge is -2.25. The van der Waals surface area contributed by atoms with Gasteiger partial charge in [-0.3, -0.25) is 24.5 Å². The van der Waals surface area contributed by atoms with Crippen molar-refractivity contribution in [2.45, 2.75) is 58.2 Å². The summed E-state index contributed by atoms with van der Waals surface area (Å²) in [7, 11) is 7.17. The highest BCUT2D eigenvalue weighted by Gasteiger charge is 2.24. The molecule has 0 aliphatic heterocycles. The molecule has 0 spiro atoms. The summed E-state index contributed by atoms with van der Waals surface area (Å²) < 4.78 is 5.31. The smallest absolute Gasteiger partial charge is 0.414 e. The van der Waals surface area contributed by atoms with Crippen molar-refractivity contribution in [3.8, 4) is 0 Å². The Bertz CT molecular complexity index is 933. The van der Waals surface area contributed by atoms with E-state index in [1.165, 1.54) is 4.80 Å². The number of hydrogen-bond acceptors (Lipinski definition) is 9. The molecular weight excluding hydrogens is 474 g/mol. The number of alkyl carbamates (subject to hydrolysis) is 1. The summed E-state index contributed by atoms with van der Waals surface area (Å²) in [5, 5.41) is 21.2. The maximum absolute atomic E-state index is 12.7. The van der Waals surface area contributed by atoms with E-state index in [1.807, 2.05) is 26.5 Å². The van der Waals surface area contributed by atoms with Crippen molar-refractivity contribution in [1.82, 2.24) is 41.5 Å². The van der Waals surface area contributed by atoms with Gasteiger partial charge in [-0.05, 0) is 45.2 Å². The zero-order valence-electron chi connectivity index (χ0n) is 22.0. The van der Waals surface area contributed by atoms with E-state index >= 15 is 0 Å². The molecule has 15 heteroatoms. The Balaban J connectivity index is 2.53. The van der Waals surface area contributed by atoms with Crippen molar-refractivity contribution < 1.29 is 33.2 Å². The number of aromatic nitrogens is 4. The molecule has 0 saturated carbocycles. The number of hydrogen-bond donors (Lipinski definition) is 4. The van der Waals surface area contributed by atoms with Crippen molar-refractivity contribution in [2.24, 2.45) is 7.05 Å². The second-order valence-electron chi connectivity index (χ2n) is 10.2. The van der Waals surface area contributed by atoms with Gasteiger partial charge in [-0.25, -0.2) is 4.79 Å². The average Bonchev–Trinajstić information content (AvgIpc) is 3.12. The minimum Gasteiger partial charge on any atom is -0.444 e. The highest BCUT2D eigenvalue weighted by atomic mass is 16.6. The molecule has 202 valence electrons. The molecule has 1 atom stereocenters. The SMILES string of the molecule is Cn1nnc(CNC(=O)C(CCCCNC(=O)C(=O)NC(=O)OC(C)(C)C)NC(=O)C[N+](C)(C)C)n1. The molecule has 1 heterocycles. The topological polar surface area (TPSA) is 186 Å². The summed E-state index contributed by atoms with van der Waals surface area (Å²) in [4.78, 5) is 61.6. The average molecular weight is 513 g/mol. The van der Waals surface area contributed by atoms with Gasteiger partial charge in [0.1, 0.15) is 11.6 Å². The van der Waals surface area contributed by atoms with Gasteiger partial charge in [0.05, 0.1) is 34.7 Å². The van der Waals surface area contributed by atoms with Crippen LogP contribution in [0.4, 0.5) is 4.79 Å². The summed E-state index contributed by atoms with van der Waals surface area (Å²) in [6.07, 6.45) is 0.160. The zero-order valence-corrected chi connectivity index (χ0v) is 22.0. The fourth-order valence-corrected chi connectivity index (χ4v) is 2.83. The van der Waals surface area contributed by atoms with E-state index in [2.05, 4.69) is 31.4 Å². The van der Waals surface area contributed by atoms with Gasteiger partial charge in [0, 0.05) is 6.54 Å².